The van der Waals surface area contributed by atoms with Gasteiger partial charge in [-0.3, -0.25) is 9.80 Å². The van der Waals surface area contributed by atoms with Crippen LogP contribution in [0.3, 0.4) is 0 Å². The zero-order valence-electron chi connectivity index (χ0n) is 10.8. The van der Waals surface area contributed by atoms with Crippen LogP contribution >= 0.6 is 15.9 Å². The minimum Gasteiger partial charge on any atom is -0.395 e. The van der Waals surface area contributed by atoms with Crippen LogP contribution < -0.4 is 0 Å². The summed E-state index contributed by atoms with van der Waals surface area (Å²) in [7, 11) is 2.10. The first-order valence-electron chi connectivity index (χ1n) is 6.47. The number of halogens is 1. The van der Waals surface area contributed by atoms with Gasteiger partial charge in [-0.25, -0.2) is 0 Å². The molecule has 1 saturated heterocycles. The summed E-state index contributed by atoms with van der Waals surface area (Å²) in [4.78, 5) is 4.75. The lowest BCUT2D eigenvalue weighted by Crippen LogP contribution is -2.36. The Balaban J connectivity index is 1.88. The van der Waals surface area contributed by atoms with Crippen LogP contribution in [-0.4, -0.2) is 54.2 Å². The molecule has 1 fully saturated rings. The highest BCUT2D eigenvalue weighted by Crippen LogP contribution is 2.21. The van der Waals surface area contributed by atoms with Gasteiger partial charge in [-0.1, -0.05) is 34.1 Å². The normalized spacial score (nSPS) is 20.8. The van der Waals surface area contributed by atoms with Gasteiger partial charge in [0.25, 0.3) is 0 Å². The quantitative estimate of drug-likeness (QED) is 0.900. The standard InChI is InChI=1S/C14H21BrN2O/c1-16(8-9-18)13-6-7-17(11-13)10-12-4-2-3-5-14(12)15/h2-5,13,18H,6-11H2,1H3. The first kappa shape index (κ1) is 14.0. The molecule has 0 amide bonds. The third-order valence-electron chi connectivity index (χ3n) is 3.68. The summed E-state index contributed by atoms with van der Waals surface area (Å²) < 4.78 is 1.19. The van der Waals surface area contributed by atoms with Gasteiger partial charge in [-0.2, -0.15) is 0 Å². The topological polar surface area (TPSA) is 26.7 Å². The third-order valence-corrected chi connectivity index (χ3v) is 4.45. The van der Waals surface area contributed by atoms with Gasteiger partial charge in [0.2, 0.25) is 0 Å². The Morgan fingerprint density at radius 1 is 1.44 bits per heavy atom. The van der Waals surface area contributed by atoms with E-state index >= 15 is 0 Å². The lowest BCUT2D eigenvalue weighted by atomic mass is 10.2. The van der Waals surface area contributed by atoms with Crippen molar-refractivity contribution in [3.63, 3.8) is 0 Å². The summed E-state index contributed by atoms with van der Waals surface area (Å²) in [5, 5.41) is 8.97. The van der Waals surface area contributed by atoms with E-state index in [-0.39, 0.29) is 6.61 Å². The Labute approximate surface area is 118 Å². The molecule has 0 saturated carbocycles. The Bertz CT molecular complexity index is 386. The summed E-state index contributed by atoms with van der Waals surface area (Å²) in [5.41, 5.74) is 1.35. The number of nitrogens with zero attached hydrogens (tertiary/aromatic N) is 2. The summed E-state index contributed by atoms with van der Waals surface area (Å²) in [6.07, 6.45) is 1.20. The highest BCUT2D eigenvalue weighted by Gasteiger charge is 2.25. The Morgan fingerprint density at radius 3 is 2.94 bits per heavy atom. The van der Waals surface area contributed by atoms with Crippen LogP contribution in [0, 0.1) is 0 Å². The van der Waals surface area contributed by atoms with Crippen LogP contribution in [0.5, 0.6) is 0 Å². The van der Waals surface area contributed by atoms with Crippen LogP contribution in [0.4, 0.5) is 0 Å². The molecule has 0 aliphatic carbocycles. The van der Waals surface area contributed by atoms with Crippen LogP contribution in [0.2, 0.25) is 0 Å². The van der Waals surface area contributed by atoms with E-state index in [9.17, 15) is 0 Å². The maximum absolute atomic E-state index is 8.97. The molecule has 1 aromatic carbocycles. The van der Waals surface area contributed by atoms with Crippen molar-refractivity contribution >= 4 is 15.9 Å². The van der Waals surface area contributed by atoms with Gasteiger partial charge < -0.3 is 5.11 Å². The summed E-state index contributed by atoms with van der Waals surface area (Å²) in [6, 6.07) is 9.00. The first-order chi connectivity index (χ1) is 8.70. The van der Waals surface area contributed by atoms with E-state index in [0.717, 1.165) is 26.2 Å². The molecule has 1 aliphatic heterocycles. The Hall–Kier alpha value is -0.420. The minimum absolute atomic E-state index is 0.247. The molecule has 4 heteroatoms. The summed E-state index contributed by atoms with van der Waals surface area (Å²) in [6.45, 7) is 4.26. The zero-order valence-corrected chi connectivity index (χ0v) is 12.4. The van der Waals surface area contributed by atoms with Crippen molar-refractivity contribution in [1.29, 1.82) is 0 Å². The van der Waals surface area contributed by atoms with Crippen molar-refractivity contribution in [2.24, 2.45) is 0 Å². The molecule has 1 aliphatic rings. The lowest BCUT2D eigenvalue weighted by Gasteiger charge is -2.24. The second kappa shape index (κ2) is 6.66. The fourth-order valence-electron chi connectivity index (χ4n) is 2.52. The number of hydrogen-bond donors (Lipinski definition) is 1. The van der Waals surface area contributed by atoms with Crippen LogP contribution in [-0.2, 0) is 6.54 Å². The first-order valence-corrected chi connectivity index (χ1v) is 7.27. The molecule has 100 valence electrons. The molecule has 1 aromatic rings. The van der Waals surface area contributed by atoms with E-state index in [1.54, 1.807) is 0 Å². The SMILES string of the molecule is CN(CCO)C1CCN(Cc2ccccc2Br)C1. The molecule has 2 rings (SSSR count). The molecule has 18 heavy (non-hydrogen) atoms. The third kappa shape index (κ3) is 3.54. The number of likely N-dealkylation sites (N-methyl/N-ethyl adjacent to an activating group) is 1. The van der Waals surface area contributed by atoms with Gasteiger partial charge in [0.15, 0.2) is 0 Å². The smallest absolute Gasteiger partial charge is 0.0558 e. The van der Waals surface area contributed by atoms with E-state index in [2.05, 4.69) is 57.0 Å². The van der Waals surface area contributed by atoms with Gasteiger partial charge in [0.05, 0.1) is 6.61 Å². The summed E-state index contributed by atoms with van der Waals surface area (Å²) >= 11 is 3.60. The molecule has 0 aromatic heterocycles. The van der Waals surface area contributed by atoms with Gasteiger partial charge in [-0.15, -0.1) is 0 Å². The van der Waals surface area contributed by atoms with E-state index < -0.39 is 0 Å². The minimum atomic E-state index is 0.247. The Kier molecular flexibility index (Phi) is 5.18. The molecule has 1 unspecified atom stereocenters. The average Bonchev–Trinajstić information content (AvgIpc) is 2.81. The molecule has 1 heterocycles. The fraction of sp³-hybridized carbons (Fsp3) is 0.571. The van der Waals surface area contributed by atoms with Crippen molar-refractivity contribution in [2.75, 3.05) is 33.3 Å². The molecule has 1 N–H and O–H groups in total. The highest BCUT2D eigenvalue weighted by atomic mass is 79.9. The maximum Gasteiger partial charge on any atom is 0.0558 e. The fourth-order valence-corrected chi connectivity index (χ4v) is 2.93. The average molecular weight is 313 g/mol. The van der Waals surface area contributed by atoms with Gasteiger partial charge in [-0.05, 0) is 25.1 Å². The molecule has 0 bridgehead atoms. The lowest BCUT2D eigenvalue weighted by molar-refractivity contribution is 0.177. The van der Waals surface area contributed by atoms with E-state index in [4.69, 9.17) is 5.11 Å². The number of aliphatic hydroxyl groups is 1. The monoisotopic (exact) mass is 312 g/mol. The molecular weight excluding hydrogens is 292 g/mol. The predicted octanol–water partition coefficient (Wildman–Crippen LogP) is 1.95. The number of likely N-dealkylation sites (tertiary alicyclic amines) is 1. The zero-order chi connectivity index (χ0) is 13.0. The molecule has 0 spiro atoms. The number of benzene rings is 1. The van der Waals surface area contributed by atoms with Crippen molar-refractivity contribution in [3.8, 4) is 0 Å². The van der Waals surface area contributed by atoms with Crippen LogP contribution in [0.1, 0.15) is 12.0 Å². The van der Waals surface area contributed by atoms with Gasteiger partial charge in [0.1, 0.15) is 0 Å². The van der Waals surface area contributed by atoms with Crippen LogP contribution in [0.15, 0.2) is 28.7 Å². The van der Waals surface area contributed by atoms with Crippen molar-refractivity contribution in [1.82, 2.24) is 9.80 Å². The predicted molar refractivity (Wildman–Crippen MR) is 77.5 cm³/mol. The number of rotatable bonds is 5. The van der Waals surface area contributed by atoms with E-state index in [1.165, 1.54) is 16.5 Å². The molecule has 1 atom stereocenters. The number of hydrogen-bond acceptors (Lipinski definition) is 3. The Morgan fingerprint density at radius 2 is 2.22 bits per heavy atom. The second-order valence-corrected chi connectivity index (χ2v) is 5.83. The largest absolute Gasteiger partial charge is 0.395 e. The van der Waals surface area contributed by atoms with E-state index in [0.29, 0.717) is 6.04 Å². The summed E-state index contributed by atoms with van der Waals surface area (Å²) in [5.74, 6) is 0. The highest BCUT2D eigenvalue weighted by molar-refractivity contribution is 9.10. The number of aliphatic hydroxyl groups excluding tert-OH is 1. The maximum atomic E-state index is 8.97. The van der Waals surface area contributed by atoms with E-state index in [1.807, 2.05) is 0 Å². The van der Waals surface area contributed by atoms with Crippen LogP contribution in [0.25, 0.3) is 0 Å². The molecular formula is C14H21BrN2O. The van der Waals surface area contributed by atoms with Crippen molar-refractivity contribution in [2.45, 2.75) is 19.0 Å². The second-order valence-electron chi connectivity index (χ2n) is 4.97. The molecule has 0 radical (unpaired) electrons. The molecule has 3 nitrogen and oxygen atoms in total. The van der Waals surface area contributed by atoms with Gasteiger partial charge >= 0.3 is 0 Å². The van der Waals surface area contributed by atoms with Crippen molar-refractivity contribution < 1.29 is 5.11 Å². The van der Waals surface area contributed by atoms with Gasteiger partial charge in [0, 0.05) is 36.7 Å². The van der Waals surface area contributed by atoms with Crippen molar-refractivity contribution in [3.05, 3.63) is 34.3 Å².